The van der Waals surface area contributed by atoms with Gasteiger partial charge in [0.15, 0.2) is 17.5 Å². The highest BCUT2D eigenvalue weighted by molar-refractivity contribution is 5.90. The van der Waals surface area contributed by atoms with Gasteiger partial charge in [0.05, 0.1) is 12.1 Å². The Morgan fingerprint density at radius 3 is 1.95 bits per heavy atom. The molecule has 2 unspecified atom stereocenters. The van der Waals surface area contributed by atoms with E-state index in [0.29, 0.717) is 38.8 Å². The fourth-order valence-corrected chi connectivity index (χ4v) is 5.43. The van der Waals surface area contributed by atoms with Crippen LogP contribution in [-0.4, -0.2) is 68.9 Å². The molecule has 0 aliphatic rings. The van der Waals surface area contributed by atoms with Crippen LogP contribution < -0.4 is 16.2 Å². The van der Waals surface area contributed by atoms with Gasteiger partial charge in [0, 0.05) is 31.0 Å². The largest absolute Gasteiger partial charge is 0.494 e. The second-order valence-corrected chi connectivity index (χ2v) is 12.7. The molecule has 246 valence electrons. The van der Waals surface area contributed by atoms with Gasteiger partial charge in [-0.15, -0.1) is 0 Å². The SMILES string of the molecule is CCC(C)(CC)c1cc(O)n(CCCCCC(=O)NNC(=O)CCCN(C)C(C(=O)NC(C(C)=O)C(C)C)C(C)C)c1O. The van der Waals surface area contributed by atoms with Crippen LogP contribution in [0.3, 0.4) is 0 Å². The van der Waals surface area contributed by atoms with E-state index in [1.165, 1.54) is 11.5 Å². The van der Waals surface area contributed by atoms with E-state index in [2.05, 4.69) is 36.9 Å². The highest BCUT2D eigenvalue weighted by Crippen LogP contribution is 2.41. The molecule has 3 amide bonds. The van der Waals surface area contributed by atoms with Crippen LogP contribution in [0.5, 0.6) is 11.8 Å². The third-order valence-electron chi connectivity index (χ3n) is 8.58. The average Bonchev–Trinajstić information content (AvgIpc) is 3.22. The second-order valence-electron chi connectivity index (χ2n) is 12.7. The average molecular weight is 608 g/mol. The maximum absolute atomic E-state index is 13.0. The summed E-state index contributed by atoms with van der Waals surface area (Å²) in [6, 6.07) is 0.673. The highest BCUT2D eigenvalue weighted by Gasteiger charge is 2.31. The molecule has 43 heavy (non-hydrogen) atoms. The summed E-state index contributed by atoms with van der Waals surface area (Å²) < 4.78 is 1.51. The van der Waals surface area contributed by atoms with Gasteiger partial charge in [-0.3, -0.25) is 39.5 Å². The van der Waals surface area contributed by atoms with E-state index in [1.54, 1.807) is 6.07 Å². The summed E-state index contributed by atoms with van der Waals surface area (Å²) >= 11 is 0. The van der Waals surface area contributed by atoms with Crippen LogP contribution in [0.4, 0.5) is 0 Å². The number of carbonyl (C=O) groups is 4. The Balaban J connectivity index is 2.39. The molecule has 0 spiro atoms. The maximum atomic E-state index is 13.0. The first-order chi connectivity index (χ1) is 20.1. The lowest BCUT2D eigenvalue weighted by Gasteiger charge is -2.32. The minimum Gasteiger partial charge on any atom is -0.494 e. The molecule has 1 rings (SSSR count). The molecule has 1 aromatic rings. The fraction of sp³-hybridized carbons (Fsp3) is 0.750. The first-order valence-electron chi connectivity index (χ1n) is 15.8. The number of rotatable bonds is 19. The summed E-state index contributed by atoms with van der Waals surface area (Å²) in [6.45, 7) is 16.3. The van der Waals surface area contributed by atoms with E-state index in [0.717, 1.165) is 18.4 Å². The lowest BCUT2D eigenvalue weighted by molar-refractivity contribution is -0.132. The van der Waals surface area contributed by atoms with E-state index in [4.69, 9.17) is 0 Å². The lowest BCUT2D eigenvalue weighted by Crippen LogP contribution is -2.54. The summed E-state index contributed by atoms with van der Waals surface area (Å²) in [7, 11) is 1.83. The van der Waals surface area contributed by atoms with Gasteiger partial charge < -0.3 is 15.5 Å². The molecule has 0 radical (unpaired) electrons. The van der Waals surface area contributed by atoms with Gasteiger partial charge in [-0.1, -0.05) is 54.9 Å². The zero-order chi connectivity index (χ0) is 32.9. The normalized spacial score (nSPS) is 13.3. The van der Waals surface area contributed by atoms with E-state index in [-0.39, 0.29) is 65.4 Å². The van der Waals surface area contributed by atoms with Crippen molar-refractivity contribution in [3.05, 3.63) is 11.6 Å². The predicted molar refractivity (Wildman–Crippen MR) is 168 cm³/mol. The first kappa shape index (κ1) is 37.9. The molecule has 0 saturated carbocycles. The number of aromatic nitrogens is 1. The van der Waals surface area contributed by atoms with Gasteiger partial charge >= 0.3 is 0 Å². The molecule has 5 N–H and O–H groups in total. The molecule has 2 atom stereocenters. The Labute approximate surface area is 258 Å². The molecule has 11 nitrogen and oxygen atoms in total. The summed E-state index contributed by atoms with van der Waals surface area (Å²) in [5, 5.41) is 23.9. The van der Waals surface area contributed by atoms with Crippen molar-refractivity contribution in [2.45, 2.75) is 131 Å². The van der Waals surface area contributed by atoms with Crippen molar-refractivity contribution < 1.29 is 29.4 Å². The maximum Gasteiger partial charge on any atom is 0.238 e. The molecule has 0 aromatic carbocycles. The monoisotopic (exact) mass is 607 g/mol. The molecule has 0 aliphatic heterocycles. The quantitative estimate of drug-likeness (QED) is 0.117. The topological polar surface area (TPSA) is 153 Å². The molecular formula is C32H57N5O6. The van der Waals surface area contributed by atoms with E-state index in [9.17, 15) is 29.4 Å². The summed E-state index contributed by atoms with van der Waals surface area (Å²) in [6.07, 6.45) is 4.61. The van der Waals surface area contributed by atoms with Crippen LogP contribution in [-0.2, 0) is 31.1 Å². The Hall–Kier alpha value is -3.08. The number of hydrogen-bond donors (Lipinski definition) is 5. The number of likely N-dealkylation sites (N-methyl/N-ethyl adjacent to an activating group) is 1. The minimum atomic E-state index is -0.533. The second kappa shape index (κ2) is 17.9. The van der Waals surface area contributed by atoms with Crippen LogP contribution in [0.2, 0.25) is 0 Å². The number of nitrogens with zero attached hydrogens (tertiary/aromatic N) is 2. The number of unbranched alkanes of at least 4 members (excludes halogenated alkanes) is 2. The third kappa shape index (κ3) is 11.5. The number of Topliss-reactive ketones (excluding diaryl/α,β-unsaturated/α-hetero) is 1. The van der Waals surface area contributed by atoms with Gasteiger partial charge in [0.2, 0.25) is 17.7 Å². The summed E-state index contributed by atoms with van der Waals surface area (Å²) in [5.74, 6) is -0.742. The minimum absolute atomic E-state index is 0.00735. The molecule has 11 heteroatoms. The van der Waals surface area contributed by atoms with Crippen molar-refractivity contribution in [1.82, 2.24) is 25.6 Å². The number of aromatic hydroxyl groups is 2. The Kier molecular flexibility index (Phi) is 15.8. The Bertz CT molecular complexity index is 1060. The fourth-order valence-electron chi connectivity index (χ4n) is 5.43. The number of ketones is 1. The number of nitrogens with one attached hydrogen (secondary N) is 3. The van der Waals surface area contributed by atoms with Crippen molar-refractivity contribution in [3.8, 4) is 11.8 Å². The van der Waals surface area contributed by atoms with Crippen LogP contribution in [0.1, 0.15) is 112 Å². The van der Waals surface area contributed by atoms with Crippen molar-refractivity contribution >= 4 is 23.5 Å². The van der Waals surface area contributed by atoms with Crippen LogP contribution in [0.15, 0.2) is 6.07 Å². The number of amides is 3. The van der Waals surface area contributed by atoms with E-state index >= 15 is 0 Å². The van der Waals surface area contributed by atoms with Crippen molar-refractivity contribution in [2.24, 2.45) is 11.8 Å². The van der Waals surface area contributed by atoms with Crippen LogP contribution in [0.25, 0.3) is 0 Å². The molecule has 0 bridgehead atoms. The standard InChI is InChI=1S/C32H57N5O6/c1-10-32(8,11-2)24-20-27(41)37(31(24)43)19-14-12-13-16-25(39)34-35-26(40)17-15-18-36(9)29(22(5)6)30(42)33-28(21(3)4)23(7)38/h20-22,28-29,41,43H,10-19H2,1-9H3,(H,33,42)(H,34,39)(H,35,40). The third-order valence-corrected chi connectivity index (χ3v) is 8.58. The number of hydrogen-bond acceptors (Lipinski definition) is 7. The van der Waals surface area contributed by atoms with Gasteiger partial charge in [0.1, 0.15) is 0 Å². The zero-order valence-electron chi connectivity index (χ0n) is 27.9. The van der Waals surface area contributed by atoms with Crippen molar-refractivity contribution in [1.29, 1.82) is 0 Å². The molecule has 0 saturated heterocycles. The van der Waals surface area contributed by atoms with Gasteiger partial charge in [-0.2, -0.15) is 0 Å². The predicted octanol–water partition coefficient (Wildman–Crippen LogP) is 4.15. The number of carbonyl (C=O) groups excluding carboxylic acids is 4. The molecule has 0 fully saturated rings. The van der Waals surface area contributed by atoms with Crippen molar-refractivity contribution in [2.75, 3.05) is 13.6 Å². The lowest BCUT2D eigenvalue weighted by atomic mass is 9.79. The molecule has 1 heterocycles. The van der Waals surface area contributed by atoms with E-state index in [1.807, 2.05) is 39.6 Å². The molecular weight excluding hydrogens is 550 g/mol. The van der Waals surface area contributed by atoms with E-state index < -0.39 is 12.1 Å². The van der Waals surface area contributed by atoms with Gasteiger partial charge in [-0.25, -0.2) is 0 Å². The summed E-state index contributed by atoms with van der Waals surface area (Å²) in [5.41, 5.74) is 5.45. The smallest absolute Gasteiger partial charge is 0.238 e. The van der Waals surface area contributed by atoms with Gasteiger partial charge in [0.25, 0.3) is 0 Å². The van der Waals surface area contributed by atoms with Crippen LogP contribution in [0, 0.1) is 11.8 Å². The van der Waals surface area contributed by atoms with Gasteiger partial charge in [-0.05, 0) is 69.9 Å². The first-order valence-corrected chi connectivity index (χ1v) is 15.8. The Morgan fingerprint density at radius 1 is 0.907 bits per heavy atom. The molecule has 1 aromatic heterocycles. The summed E-state index contributed by atoms with van der Waals surface area (Å²) in [4.78, 5) is 51.2. The number of hydrazine groups is 1. The van der Waals surface area contributed by atoms with Crippen LogP contribution >= 0.6 is 0 Å². The highest BCUT2D eigenvalue weighted by atomic mass is 16.3. The van der Waals surface area contributed by atoms with Crippen molar-refractivity contribution in [3.63, 3.8) is 0 Å². The zero-order valence-corrected chi connectivity index (χ0v) is 27.9. The molecule has 0 aliphatic carbocycles. The Morgan fingerprint density at radius 2 is 1.47 bits per heavy atom.